The summed E-state index contributed by atoms with van der Waals surface area (Å²) in [6.07, 6.45) is 2.46. The Hall–Kier alpha value is -0.740. The molecule has 2 atom stereocenters. The van der Waals surface area contributed by atoms with Gasteiger partial charge in [-0.3, -0.25) is 9.59 Å². The summed E-state index contributed by atoms with van der Waals surface area (Å²) < 4.78 is 1.03. The van der Waals surface area contributed by atoms with Gasteiger partial charge in [0.25, 0.3) is 0 Å². The predicted molar refractivity (Wildman–Crippen MR) is 75.7 cm³/mol. The quantitative estimate of drug-likeness (QED) is 0.786. The van der Waals surface area contributed by atoms with Crippen LogP contribution in [0.15, 0.2) is 28.7 Å². The molecule has 17 heavy (non-hydrogen) atoms. The van der Waals surface area contributed by atoms with Crippen molar-refractivity contribution in [2.75, 3.05) is 6.26 Å². The Bertz CT molecular complexity index is 517. The third kappa shape index (κ3) is 2.43. The maximum atomic E-state index is 11.8. The Morgan fingerprint density at radius 2 is 1.94 bits per heavy atom. The summed E-state index contributed by atoms with van der Waals surface area (Å²) in [6.45, 7) is 1.49. The van der Waals surface area contributed by atoms with Crippen molar-refractivity contribution in [2.24, 2.45) is 0 Å². The molecule has 1 unspecified atom stereocenters. The van der Waals surface area contributed by atoms with E-state index in [1.807, 2.05) is 30.5 Å². The normalized spacial score (nSPS) is 24.2. The average molecular weight is 313 g/mol. The lowest BCUT2D eigenvalue weighted by molar-refractivity contribution is -0.115. The zero-order valence-corrected chi connectivity index (χ0v) is 12.1. The first-order valence-electron chi connectivity index (χ1n) is 5.32. The van der Waals surface area contributed by atoms with Crippen LogP contribution in [0.1, 0.15) is 24.2 Å². The highest BCUT2D eigenvalue weighted by atomic mass is 79.9. The van der Waals surface area contributed by atoms with Gasteiger partial charge in [-0.15, -0.1) is 0 Å². The van der Waals surface area contributed by atoms with Crippen molar-refractivity contribution in [1.29, 1.82) is 0 Å². The largest absolute Gasteiger partial charge is 0.294 e. The lowest BCUT2D eigenvalue weighted by atomic mass is 10.1. The van der Waals surface area contributed by atoms with Gasteiger partial charge >= 0.3 is 0 Å². The molecule has 2 rings (SSSR count). The minimum atomic E-state index is -0.264. The third-order valence-corrected chi connectivity index (χ3v) is 5.91. The molecule has 0 aromatic heterocycles. The molecule has 1 aliphatic rings. The fourth-order valence-electron chi connectivity index (χ4n) is 2.13. The van der Waals surface area contributed by atoms with Gasteiger partial charge in [-0.25, -0.2) is 0 Å². The number of hydrogen-bond acceptors (Lipinski definition) is 2. The monoisotopic (exact) mass is 312 g/mol. The van der Waals surface area contributed by atoms with E-state index in [0.717, 1.165) is 10.0 Å². The Kier molecular flexibility index (Phi) is 3.64. The number of carbonyl (C=O) groups is 2. The average Bonchev–Trinajstić information content (AvgIpc) is 2.55. The summed E-state index contributed by atoms with van der Waals surface area (Å²) in [5.41, 5.74) is 1.14. The van der Waals surface area contributed by atoms with Gasteiger partial charge < -0.3 is 0 Å². The minimum absolute atomic E-state index is 0.0243. The summed E-state index contributed by atoms with van der Waals surface area (Å²) in [6, 6.07) is 7.99. The molecule has 1 aliphatic heterocycles. The first-order chi connectivity index (χ1) is 8.00. The molecule has 1 heterocycles. The van der Waals surface area contributed by atoms with Crippen LogP contribution in [-0.2, 0) is 9.59 Å². The van der Waals surface area contributed by atoms with Crippen LogP contribution < -0.4 is 0 Å². The number of benzene rings is 1. The maximum Gasteiger partial charge on any atom is 0.173 e. The molecule has 0 N–H and O–H groups in total. The molecule has 0 aliphatic carbocycles. The Morgan fingerprint density at radius 1 is 1.35 bits per heavy atom. The van der Waals surface area contributed by atoms with E-state index in [0.29, 0.717) is 11.3 Å². The first-order valence-corrected chi connectivity index (χ1v) is 7.81. The predicted octanol–water partition coefficient (Wildman–Crippen LogP) is 3.12. The minimum Gasteiger partial charge on any atom is -0.294 e. The van der Waals surface area contributed by atoms with Crippen molar-refractivity contribution in [3.63, 3.8) is 0 Å². The Morgan fingerprint density at radius 3 is 2.41 bits per heavy atom. The maximum absolute atomic E-state index is 11.8. The third-order valence-electron chi connectivity index (χ3n) is 2.93. The molecule has 2 nitrogen and oxygen atoms in total. The van der Waals surface area contributed by atoms with E-state index in [2.05, 4.69) is 15.9 Å². The zero-order chi connectivity index (χ0) is 12.6. The highest BCUT2D eigenvalue weighted by molar-refractivity contribution is 9.10. The molecule has 90 valence electrons. The molecule has 0 bridgehead atoms. The van der Waals surface area contributed by atoms with Gasteiger partial charge in [0.2, 0.25) is 0 Å². The van der Waals surface area contributed by atoms with Crippen LogP contribution in [0.3, 0.4) is 0 Å². The Balaban J connectivity index is 2.40. The molecular weight excluding hydrogens is 300 g/mol. The van der Waals surface area contributed by atoms with Crippen molar-refractivity contribution in [3.8, 4) is 0 Å². The molecule has 0 fully saturated rings. The van der Waals surface area contributed by atoms with Gasteiger partial charge in [-0.1, -0.05) is 28.1 Å². The SMILES string of the molecule is CC(=O)C1=S(C)[C@H](c2ccc(Br)cc2)CC1=O. The van der Waals surface area contributed by atoms with Crippen LogP contribution >= 0.6 is 26.4 Å². The lowest BCUT2D eigenvalue weighted by Gasteiger charge is -2.12. The number of halogens is 1. The highest BCUT2D eigenvalue weighted by Crippen LogP contribution is 2.42. The van der Waals surface area contributed by atoms with E-state index in [4.69, 9.17) is 0 Å². The number of carbonyl (C=O) groups excluding carboxylic acids is 2. The molecule has 0 saturated heterocycles. The highest BCUT2D eigenvalue weighted by Gasteiger charge is 2.32. The van der Waals surface area contributed by atoms with Gasteiger partial charge in [-0.2, -0.15) is 10.5 Å². The second-order valence-corrected chi connectivity index (χ2v) is 7.12. The molecule has 4 heteroatoms. The second kappa shape index (κ2) is 4.86. The van der Waals surface area contributed by atoms with Crippen molar-refractivity contribution < 1.29 is 9.59 Å². The van der Waals surface area contributed by atoms with E-state index in [-0.39, 0.29) is 27.3 Å². The van der Waals surface area contributed by atoms with Gasteiger partial charge in [-0.05, 0) is 30.9 Å². The number of Topliss-reactive ketones (excluding diaryl/α,β-unsaturated/α-hetero) is 2. The standard InChI is InChI=1S/C13H13BrO2S/c1-8(15)13-11(16)7-12(17(13)2)9-3-5-10(14)6-4-9/h3-6,12H,7H2,1-2H3/t12-,17?/m0/s1. The molecule has 1 aromatic rings. The van der Waals surface area contributed by atoms with E-state index < -0.39 is 0 Å². The molecule has 0 saturated carbocycles. The van der Waals surface area contributed by atoms with Gasteiger partial charge in [0.15, 0.2) is 11.6 Å². The summed E-state index contributed by atoms with van der Waals surface area (Å²) in [4.78, 5) is 23.8. The van der Waals surface area contributed by atoms with Crippen molar-refractivity contribution >= 4 is 42.8 Å². The van der Waals surface area contributed by atoms with Gasteiger partial charge in [0.05, 0.1) is 4.86 Å². The Labute approximate surface area is 111 Å². The number of ketones is 2. The summed E-state index contributed by atoms with van der Waals surface area (Å²) in [5, 5.41) is 0.175. The fourth-order valence-corrected chi connectivity index (χ4v) is 4.54. The molecule has 0 amide bonds. The van der Waals surface area contributed by atoms with Crippen LogP contribution in [0.25, 0.3) is 0 Å². The van der Waals surface area contributed by atoms with E-state index in [1.165, 1.54) is 6.92 Å². The molecule has 1 aromatic carbocycles. The van der Waals surface area contributed by atoms with Gasteiger partial charge in [0, 0.05) is 16.1 Å². The van der Waals surface area contributed by atoms with Crippen LogP contribution in [-0.4, -0.2) is 22.7 Å². The van der Waals surface area contributed by atoms with E-state index >= 15 is 0 Å². The number of hydrogen-bond donors (Lipinski definition) is 0. The van der Waals surface area contributed by atoms with Crippen LogP contribution in [0.4, 0.5) is 0 Å². The molecular formula is C13H13BrO2S. The zero-order valence-electron chi connectivity index (χ0n) is 9.70. The molecule has 0 spiro atoms. The first kappa shape index (κ1) is 12.7. The summed E-state index contributed by atoms with van der Waals surface area (Å²) >= 11 is 3.39. The van der Waals surface area contributed by atoms with Crippen LogP contribution in [0.5, 0.6) is 0 Å². The topological polar surface area (TPSA) is 34.1 Å². The van der Waals surface area contributed by atoms with Crippen LogP contribution in [0, 0.1) is 0 Å². The summed E-state index contributed by atoms with van der Waals surface area (Å²) in [5.74, 6) is -0.0447. The van der Waals surface area contributed by atoms with Gasteiger partial charge in [0.1, 0.15) is 0 Å². The van der Waals surface area contributed by atoms with E-state index in [1.54, 1.807) is 0 Å². The van der Waals surface area contributed by atoms with Crippen molar-refractivity contribution in [1.82, 2.24) is 0 Å². The fraction of sp³-hybridized carbons (Fsp3) is 0.308. The van der Waals surface area contributed by atoms with Crippen molar-refractivity contribution in [2.45, 2.75) is 18.6 Å². The number of rotatable bonds is 2. The molecule has 0 radical (unpaired) electrons. The van der Waals surface area contributed by atoms with E-state index in [9.17, 15) is 9.59 Å². The second-order valence-electron chi connectivity index (χ2n) is 4.11. The lowest BCUT2D eigenvalue weighted by Crippen LogP contribution is -2.16. The smallest absolute Gasteiger partial charge is 0.173 e. The summed E-state index contributed by atoms with van der Waals surface area (Å²) in [7, 11) is -0.264. The van der Waals surface area contributed by atoms with Crippen LogP contribution in [0.2, 0.25) is 0 Å². The van der Waals surface area contributed by atoms with Crippen molar-refractivity contribution in [3.05, 3.63) is 34.3 Å².